The molecular formula is C35H36N6O3. The highest BCUT2D eigenvalue weighted by molar-refractivity contribution is 6.06. The number of aromatic hydroxyl groups is 1. The van der Waals surface area contributed by atoms with Crippen LogP contribution < -0.4 is 16.4 Å². The summed E-state index contributed by atoms with van der Waals surface area (Å²) < 4.78 is 1.92. The maximum Gasteiger partial charge on any atom is 0.257 e. The highest BCUT2D eigenvalue weighted by Crippen LogP contribution is 2.26. The molecule has 9 heteroatoms. The Morgan fingerprint density at radius 2 is 1.64 bits per heavy atom. The van der Waals surface area contributed by atoms with E-state index in [9.17, 15) is 14.7 Å². The number of nitrogens with one attached hydrogen (secondary N) is 2. The number of aromatic nitrogens is 3. The molecule has 1 unspecified atom stereocenters. The van der Waals surface area contributed by atoms with Gasteiger partial charge in [0.1, 0.15) is 5.75 Å². The monoisotopic (exact) mass is 588 g/mol. The summed E-state index contributed by atoms with van der Waals surface area (Å²) in [5.74, 6) is -0.987. The first-order valence-electron chi connectivity index (χ1n) is 14.4. The Bertz CT molecular complexity index is 1740. The second kappa shape index (κ2) is 12.9. The zero-order chi connectivity index (χ0) is 31.3. The Kier molecular flexibility index (Phi) is 8.87. The van der Waals surface area contributed by atoms with Gasteiger partial charge in [-0.05, 0) is 83.6 Å². The molecule has 0 radical (unpaired) electrons. The minimum absolute atomic E-state index is 0.0367. The van der Waals surface area contributed by atoms with E-state index in [1.807, 2.05) is 28.9 Å². The first kappa shape index (κ1) is 30.2. The van der Waals surface area contributed by atoms with Crippen molar-refractivity contribution in [3.63, 3.8) is 0 Å². The van der Waals surface area contributed by atoms with Crippen LogP contribution in [-0.4, -0.2) is 37.7 Å². The number of nitrogens with two attached hydrogens (primary N) is 1. The van der Waals surface area contributed by atoms with Gasteiger partial charge in [-0.3, -0.25) is 19.9 Å². The summed E-state index contributed by atoms with van der Waals surface area (Å²) in [5, 5.41) is 20.2. The summed E-state index contributed by atoms with van der Waals surface area (Å²) >= 11 is 0. The molecule has 2 heterocycles. The predicted molar refractivity (Wildman–Crippen MR) is 172 cm³/mol. The molecule has 44 heavy (non-hydrogen) atoms. The number of rotatable bonds is 9. The van der Waals surface area contributed by atoms with Crippen molar-refractivity contribution in [1.82, 2.24) is 20.1 Å². The van der Waals surface area contributed by atoms with E-state index in [1.165, 1.54) is 17.7 Å². The molecule has 5 aromatic rings. The van der Waals surface area contributed by atoms with Crippen LogP contribution in [0.5, 0.6) is 5.75 Å². The molecule has 0 aliphatic carbocycles. The Morgan fingerprint density at radius 3 is 2.32 bits per heavy atom. The third-order valence-corrected chi connectivity index (χ3v) is 7.30. The highest BCUT2D eigenvalue weighted by Gasteiger charge is 2.19. The van der Waals surface area contributed by atoms with Gasteiger partial charge in [-0.15, -0.1) is 0 Å². The topological polar surface area (TPSA) is 135 Å². The van der Waals surface area contributed by atoms with E-state index in [0.717, 1.165) is 28.2 Å². The van der Waals surface area contributed by atoms with Gasteiger partial charge in [-0.2, -0.15) is 5.10 Å². The summed E-state index contributed by atoms with van der Waals surface area (Å²) in [7, 11) is 0. The summed E-state index contributed by atoms with van der Waals surface area (Å²) in [6.07, 6.45) is 3.72. The Balaban J connectivity index is 1.30. The van der Waals surface area contributed by atoms with E-state index in [0.29, 0.717) is 17.8 Å². The largest absolute Gasteiger partial charge is 0.508 e. The lowest BCUT2D eigenvalue weighted by Gasteiger charge is -2.19. The smallest absolute Gasteiger partial charge is 0.257 e. The fraction of sp³-hybridized carbons (Fsp3) is 0.200. The van der Waals surface area contributed by atoms with Crippen molar-refractivity contribution in [2.45, 2.75) is 45.2 Å². The molecule has 0 saturated heterocycles. The number of phenolic OH excluding ortho intramolecular Hbond substituents is 1. The van der Waals surface area contributed by atoms with Gasteiger partial charge in [0, 0.05) is 29.2 Å². The summed E-state index contributed by atoms with van der Waals surface area (Å²) in [6.45, 7) is 6.98. The molecule has 0 aliphatic heterocycles. The Morgan fingerprint density at radius 1 is 0.932 bits per heavy atom. The molecule has 5 N–H and O–H groups in total. The van der Waals surface area contributed by atoms with Crippen molar-refractivity contribution in [2.75, 3.05) is 5.32 Å². The first-order valence-corrected chi connectivity index (χ1v) is 14.4. The van der Waals surface area contributed by atoms with Crippen LogP contribution in [0.15, 0.2) is 103 Å². The van der Waals surface area contributed by atoms with Crippen LogP contribution >= 0.6 is 0 Å². The molecule has 5 rings (SSSR count). The first-order chi connectivity index (χ1) is 21.1. The number of hydrogen-bond donors (Lipinski definition) is 4. The normalized spacial score (nSPS) is 12.0. The molecule has 0 fully saturated rings. The molecule has 2 amide bonds. The highest BCUT2D eigenvalue weighted by atomic mass is 16.3. The van der Waals surface area contributed by atoms with Gasteiger partial charge in [0.25, 0.3) is 5.91 Å². The van der Waals surface area contributed by atoms with E-state index in [1.54, 1.807) is 42.7 Å². The lowest BCUT2D eigenvalue weighted by molar-refractivity contribution is -0.121. The van der Waals surface area contributed by atoms with Crippen LogP contribution in [0.4, 0.5) is 5.69 Å². The van der Waals surface area contributed by atoms with Gasteiger partial charge in [0.2, 0.25) is 5.91 Å². The third kappa shape index (κ3) is 7.37. The van der Waals surface area contributed by atoms with E-state index in [2.05, 4.69) is 60.7 Å². The summed E-state index contributed by atoms with van der Waals surface area (Å²) in [5.41, 5.74) is 12.8. The maximum atomic E-state index is 12.9. The quantitative estimate of drug-likeness (QED) is 0.182. The van der Waals surface area contributed by atoms with E-state index in [4.69, 9.17) is 10.8 Å². The number of carbonyl (C=O) groups excluding carboxylic acids is 2. The molecule has 224 valence electrons. The SMILES string of the molecule is CC(C)(C)c1ccc(-n2nc(-c3ccncc3)cc2CNc2cccc(C(=O)NC(=O)C(N)Cc3ccc(O)cc3)c2)cc1. The molecular weight excluding hydrogens is 552 g/mol. The van der Waals surface area contributed by atoms with Gasteiger partial charge >= 0.3 is 0 Å². The molecule has 0 spiro atoms. The number of carbonyl (C=O) groups is 2. The standard InChI is InChI=1S/C35H36N6O3/c1-35(2,3)26-9-11-28(12-10-26)41-29(21-32(40-41)24-15-17-37-18-16-24)22-38-27-6-4-5-25(20-27)33(43)39-34(44)31(36)19-23-7-13-30(42)14-8-23/h4-18,20-21,31,38,42H,19,22,36H2,1-3H3,(H,39,43,44). The van der Waals surface area contributed by atoms with Crippen LogP contribution in [0.2, 0.25) is 0 Å². The average Bonchev–Trinajstić information content (AvgIpc) is 3.45. The summed E-state index contributed by atoms with van der Waals surface area (Å²) in [4.78, 5) is 29.7. The predicted octanol–water partition coefficient (Wildman–Crippen LogP) is 5.38. The van der Waals surface area contributed by atoms with Crippen molar-refractivity contribution in [3.05, 3.63) is 126 Å². The van der Waals surface area contributed by atoms with E-state index in [-0.39, 0.29) is 17.6 Å². The minimum atomic E-state index is -0.919. The van der Waals surface area contributed by atoms with Crippen molar-refractivity contribution < 1.29 is 14.7 Å². The lowest BCUT2D eigenvalue weighted by atomic mass is 9.87. The molecule has 0 bridgehead atoms. The Hall–Kier alpha value is -5.28. The van der Waals surface area contributed by atoms with Gasteiger partial charge < -0.3 is 16.2 Å². The number of pyridine rings is 1. The van der Waals surface area contributed by atoms with Gasteiger partial charge in [-0.1, -0.05) is 51.1 Å². The second-order valence-electron chi connectivity index (χ2n) is 11.7. The zero-order valence-electron chi connectivity index (χ0n) is 25.0. The number of anilines is 1. The van der Waals surface area contributed by atoms with Crippen molar-refractivity contribution >= 4 is 17.5 Å². The average molecular weight is 589 g/mol. The van der Waals surface area contributed by atoms with Crippen LogP contribution in [0.1, 0.15) is 48.0 Å². The second-order valence-corrected chi connectivity index (χ2v) is 11.7. The van der Waals surface area contributed by atoms with Crippen LogP contribution in [0.25, 0.3) is 16.9 Å². The van der Waals surface area contributed by atoms with Crippen LogP contribution in [0.3, 0.4) is 0 Å². The fourth-order valence-electron chi connectivity index (χ4n) is 4.75. The zero-order valence-corrected chi connectivity index (χ0v) is 25.0. The van der Waals surface area contributed by atoms with Gasteiger partial charge in [-0.25, -0.2) is 4.68 Å². The van der Waals surface area contributed by atoms with Crippen molar-refractivity contribution in [2.24, 2.45) is 5.73 Å². The molecule has 1 atom stereocenters. The maximum absolute atomic E-state index is 12.9. The number of amides is 2. The third-order valence-electron chi connectivity index (χ3n) is 7.30. The van der Waals surface area contributed by atoms with Crippen LogP contribution in [-0.2, 0) is 23.2 Å². The lowest BCUT2D eigenvalue weighted by Crippen LogP contribution is -2.44. The number of hydrogen-bond acceptors (Lipinski definition) is 7. The van der Waals surface area contributed by atoms with Gasteiger partial charge in [0.05, 0.1) is 29.7 Å². The summed E-state index contributed by atoms with van der Waals surface area (Å²) in [6, 6.07) is 26.7. The molecule has 9 nitrogen and oxygen atoms in total. The van der Waals surface area contributed by atoms with E-state index >= 15 is 0 Å². The molecule has 3 aromatic carbocycles. The Labute approximate surface area is 256 Å². The van der Waals surface area contributed by atoms with Crippen molar-refractivity contribution in [1.29, 1.82) is 0 Å². The number of imide groups is 1. The number of nitrogens with zero attached hydrogens (tertiary/aromatic N) is 3. The minimum Gasteiger partial charge on any atom is -0.508 e. The van der Waals surface area contributed by atoms with Crippen molar-refractivity contribution in [3.8, 4) is 22.7 Å². The molecule has 0 aliphatic rings. The number of phenols is 1. The van der Waals surface area contributed by atoms with Crippen LogP contribution in [0, 0.1) is 0 Å². The fourth-order valence-corrected chi connectivity index (χ4v) is 4.75. The number of benzene rings is 3. The molecule has 2 aromatic heterocycles. The van der Waals surface area contributed by atoms with Gasteiger partial charge in [0.15, 0.2) is 0 Å². The molecule has 0 saturated carbocycles. The van der Waals surface area contributed by atoms with E-state index < -0.39 is 17.9 Å².